The van der Waals surface area contributed by atoms with Gasteiger partial charge >= 0.3 is 0 Å². The minimum Gasteiger partial charge on any atom is -0.388 e. The summed E-state index contributed by atoms with van der Waals surface area (Å²) in [5.41, 5.74) is 0.851. The number of aliphatic hydroxyl groups is 1. The maximum Gasteiger partial charge on any atom is 0.0816 e. The van der Waals surface area contributed by atoms with Crippen molar-refractivity contribution in [2.45, 2.75) is 32.3 Å². The Morgan fingerprint density at radius 1 is 1.33 bits per heavy atom. The van der Waals surface area contributed by atoms with Crippen LogP contribution in [0.5, 0.6) is 0 Å². The largest absolute Gasteiger partial charge is 0.388 e. The molecule has 0 amide bonds. The third kappa shape index (κ3) is 3.71. The fourth-order valence-electron chi connectivity index (χ4n) is 2.49. The Balaban J connectivity index is 1.81. The van der Waals surface area contributed by atoms with Crippen molar-refractivity contribution >= 4 is 11.6 Å². The van der Waals surface area contributed by atoms with Gasteiger partial charge in [0.2, 0.25) is 0 Å². The summed E-state index contributed by atoms with van der Waals surface area (Å²) < 4.78 is 0. The fraction of sp³-hybridized carbons (Fsp3) is 0.600. The Hall–Kier alpha value is -0.570. The molecule has 1 aliphatic heterocycles. The van der Waals surface area contributed by atoms with Gasteiger partial charge in [-0.15, -0.1) is 0 Å². The number of rotatable bonds is 4. The minimum absolute atomic E-state index is 0.446. The highest BCUT2D eigenvalue weighted by atomic mass is 35.5. The number of aliphatic hydroxyl groups excluding tert-OH is 1. The molecule has 1 saturated heterocycles. The number of halogens is 1. The number of hydrogen-bond donors (Lipinski definition) is 1. The third-order valence-corrected chi connectivity index (χ3v) is 4.20. The maximum atomic E-state index is 10.2. The van der Waals surface area contributed by atoms with Crippen LogP contribution in [0.15, 0.2) is 24.3 Å². The van der Waals surface area contributed by atoms with E-state index in [0.717, 1.165) is 37.5 Å². The summed E-state index contributed by atoms with van der Waals surface area (Å²) in [5, 5.41) is 10.8. The van der Waals surface area contributed by atoms with Crippen LogP contribution >= 0.6 is 11.6 Å². The second-order valence-corrected chi connectivity index (χ2v) is 5.76. The molecule has 1 N–H and O–H groups in total. The van der Waals surface area contributed by atoms with Gasteiger partial charge in [0.25, 0.3) is 0 Å². The second-order valence-electron chi connectivity index (χ2n) is 5.35. The van der Waals surface area contributed by atoms with Crippen LogP contribution in [0.1, 0.15) is 37.9 Å². The highest BCUT2D eigenvalue weighted by Gasteiger charge is 2.17. The molecule has 0 aromatic heterocycles. The van der Waals surface area contributed by atoms with Gasteiger partial charge in [-0.05, 0) is 49.9 Å². The lowest BCUT2D eigenvalue weighted by Crippen LogP contribution is -2.34. The van der Waals surface area contributed by atoms with Crippen molar-refractivity contribution in [1.29, 1.82) is 0 Å². The van der Waals surface area contributed by atoms with Gasteiger partial charge in [-0.2, -0.15) is 0 Å². The predicted octanol–water partition coefficient (Wildman–Crippen LogP) is 3.50. The first-order chi connectivity index (χ1) is 8.66. The van der Waals surface area contributed by atoms with Gasteiger partial charge in [-0.3, -0.25) is 0 Å². The summed E-state index contributed by atoms with van der Waals surface area (Å²) in [6, 6.07) is 7.56. The Morgan fingerprint density at radius 2 is 2.00 bits per heavy atom. The molecule has 0 spiro atoms. The Bertz CT molecular complexity index is 375. The molecule has 2 rings (SSSR count). The normalized spacial score (nSPS) is 19.9. The van der Waals surface area contributed by atoms with Crippen molar-refractivity contribution in [2.75, 3.05) is 19.6 Å². The van der Waals surface area contributed by atoms with Gasteiger partial charge in [0.1, 0.15) is 0 Å². The molecule has 3 heteroatoms. The van der Waals surface area contributed by atoms with Crippen LogP contribution in [0.25, 0.3) is 0 Å². The summed E-state index contributed by atoms with van der Waals surface area (Å²) in [4.78, 5) is 2.44. The first kappa shape index (κ1) is 13.9. The Labute approximate surface area is 115 Å². The van der Waals surface area contributed by atoms with E-state index >= 15 is 0 Å². The molecular weight excluding hydrogens is 246 g/mol. The number of piperidine rings is 1. The highest BCUT2D eigenvalue weighted by molar-refractivity contribution is 6.31. The third-order valence-electron chi connectivity index (χ3n) is 3.86. The molecule has 2 nitrogen and oxygen atoms in total. The van der Waals surface area contributed by atoms with Gasteiger partial charge in [0.05, 0.1) is 6.10 Å². The standard InChI is InChI=1S/C15H22ClNO/c1-12-6-9-17(10-7-12)11-8-15(18)13-4-2-3-5-14(13)16/h2-5,12,15,18H,6-11H2,1H3. The highest BCUT2D eigenvalue weighted by Crippen LogP contribution is 2.25. The van der Waals surface area contributed by atoms with E-state index in [-0.39, 0.29) is 0 Å². The van der Waals surface area contributed by atoms with Crippen molar-refractivity contribution in [3.63, 3.8) is 0 Å². The Kier molecular flexibility index (Phi) is 5.04. The van der Waals surface area contributed by atoms with Crippen LogP contribution in [0, 0.1) is 5.92 Å². The zero-order valence-electron chi connectivity index (χ0n) is 11.0. The van der Waals surface area contributed by atoms with Crippen molar-refractivity contribution in [3.05, 3.63) is 34.9 Å². The SMILES string of the molecule is CC1CCN(CCC(O)c2ccccc2Cl)CC1. The molecular formula is C15H22ClNO. The monoisotopic (exact) mass is 267 g/mol. The van der Waals surface area contributed by atoms with E-state index in [9.17, 15) is 5.11 Å². The number of hydrogen-bond acceptors (Lipinski definition) is 2. The van der Waals surface area contributed by atoms with Gasteiger partial charge < -0.3 is 10.0 Å². The molecule has 18 heavy (non-hydrogen) atoms. The van der Waals surface area contributed by atoms with E-state index in [1.54, 1.807) is 0 Å². The van der Waals surface area contributed by atoms with Gasteiger partial charge in [-0.25, -0.2) is 0 Å². The minimum atomic E-state index is -0.446. The maximum absolute atomic E-state index is 10.2. The smallest absolute Gasteiger partial charge is 0.0816 e. The van der Waals surface area contributed by atoms with E-state index < -0.39 is 6.10 Å². The summed E-state index contributed by atoms with van der Waals surface area (Å²) in [6.45, 7) is 5.60. The van der Waals surface area contributed by atoms with Gasteiger partial charge in [0, 0.05) is 11.6 Å². The molecule has 0 bridgehead atoms. The number of nitrogens with zero attached hydrogens (tertiary/aromatic N) is 1. The van der Waals surface area contributed by atoms with Crippen molar-refractivity contribution in [3.8, 4) is 0 Å². The molecule has 1 atom stereocenters. The average Bonchev–Trinajstić information content (AvgIpc) is 2.38. The predicted molar refractivity (Wildman–Crippen MR) is 75.9 cm³/mol. The molecule has 1 aromatic carbocycles. The first-order valence-electron chi connectivity index (χ1n) is 6.81. The topological polar surface area (TPSA) is 23.5 Å². The molecule has 1 fully saturated rings. The Morgan fingerprint density at radius 3 is 2.67 bits per heavy atom. The number of benzene rings is 1. The molecule has 100 valence electrons. The summed E-state index contributed by atoms with van der Waals surface area (Å²) in [7, 11) is 0. The molecule has 1 heterocycles. The van der Waals surface area contributed by atoms with Crippen molar-refractivity contribution in [2.24, 2.45) is 5.92 Å². The second kappa shape index (κ2) is 6.55. The van der Waals surface area contributed by atoms with Crippen molar-refractivity contribution < 1.29 is 5.11 Å². The lowest BCUT2D eigenvalue weighted by Gasteiger charge is -2.30. The number of likely N-dealkylation sites (tertiary alicyclic amines) is 1. The van der Waals surface area contributed by atoms with E-state index in [0.29, 0.717) is 5.02 Å². The summed E-state index contributed by atoms with van der Waals surface area (Å²) in [6.07, 6.45) is 2.88. The van der Waals surface area contributed by atoms with E-state index in [2.05, 4.69) is 11.8 Å². The van der Waals surface area contributed by atoms with Crippen molar-refractivity contribution in [1.82, 2.24) is 4.90 Å². The van der Waals surface area contributed by atoms with E-state index in [4.69, 9.17) is 11.6 Å². The molecule has 1 aliphatic rings. The van der Waals surface area contributed by atoms with Crippen LogP contribution in [-0.2, 0) is 0 Å². The first-order valence-corrected chi connectivity index (χ1v) is 7.19. The molecule has 0 saturated carbocycles. The molecule has 0 radical (unpaired) electrons. The molecule has 0 aliphatic carbocycles. The van der Waals surface area contributed by atoms with Crippen LogP contribution in [-0.4, -0.2) is 29.6 Å². The fourth-order valence-corrected chi connectivity index (χ4v) is 2.75. The quantitative estimate of drug-likeness (QED) is 0.903. The molecule has 1 unspecified atom stereocenters. The van der Waals surface area contributed by atoms with Crippen LogP contribution in [0.3, 0.4) is 0 Å². The van der Waals surface area contributed by atoms with Crippen LogP contribution < -0.4 is 0 Å². The average molecular weight is 268 g/mol. The lowest BCUT2D eigenvalue weighted by atomic mass is 9.98. The van der Waals surface area contributed by atoms with Gasteiger partial charge in [0.15, 0.2) is 0 Å². The zero-order chi connectivity index (χ0) is 13.0. The summed E-state index contributed by atoms with van der Waals surface area (Å²) in [5.74, 6) is 0.856. The van der Waals surface area contributed by atoms with E-state index in [1.807, 2.05) is 24.3 Å². The van der Waals surface area contributed by atoms with Crippen LogP contribution in [0.2, 0.25) is 5.02 Å². The summed E-state index contributed by atoms with van der Waals surface area (Å²) >= 11 is 6.09. The van der Waals surface area contributed by atoms with Gasteiger partial charge in [-0.1, -0.05) is 36.7 Å². The van der Waals surface area contributed by atoms with E-state index in [1.165, 1.54) is 12.8 Å². The molecule has 1 aromatic rings. The zero-order valence-corrected chi connectivity index (χ0v) is 11.7. The van der Waals surface area contributed by atoms with Crippen LogP contribution in [0.4, 0.5) is 0 Å². The lowest BCUT2D eigenvalue weighted by molar-refractivity contribution is 0.125.